The highest BCUT2D eigenvalue weighted by atomic mass is 32.2. The van der Waals surface area contributed by atoms with E-state index in [0.717, 1.165) is 25.5 Å². The first kappa shape index (κ1) is 23.5. The van der Waals surface area contributed by atoms with Crippen LogP contribution in [-0.4, -0.2) is 88.4 Å². The molecule has 1 aliphatic heterocycles. The van der Waals surface area contributed by atoms with E-state index >= 15 is 0 Å². The van der Waals surface area contributed by atoms with Crippen molar-refractivity contribution in [2.75, 3.05) is 51.4 Å². The lowest BCUT2D eigenvalue weighted by Gasteiger charge is -2.23. The summed E-state index contributed by atoms with van der Waals surface area (Å²) in [4.78, 5) is 18.5. The summed E-state index contributed by atoms with van der Waals surface area (Å²) in [5.41, 5.74) is -0.518. The van der Waals surface area contributed by atoms with Gasteiger partial charge in [-0.3, -0.25) is 4.99 Å². The number of nitrogens with zero attached hydrogens (tertiary/aromatic N) is 2. The Labute approximate surface area is 162 Å². The predicted octanol–water partition coefficient (Wildman–Crippen LogP) is 0.612. The lowest BCUT2D eigenvalue weighted by molar-refractivity contribution is 0.0507. The molecule has 1 heterocycles. The van der Waals surface area contributed by atoms with Crippen LogP contribution in [0.25, 0.3) is 0 Å². The van der Waals surface area contributed by atoms with E-state index in [9.17, 15) is 13.2 Å². The summed E-state index contributed by atoms with van der Waals surface area (Å²) in [5.74, 6) is 0.777. The molecule has 0 aliphatic carbocycles. The second-order valence-corrected chi connectivity index (χ2v) is 9.82. The average molecular weight is 407 g/mol. The molecule has 1 aliphatic rings. The number of ether oxygens (including phenoxy) is 2. The molecule has 10 heteroatoms. The number of guanidine groups is 1. The van der Waals surface area contributed by atoms with Crippen LogP contribution in [0.1, 0.15) is 34.1 Å². The van der Waals surface area contributed by atoms with Gasteiger partial charge >= 0.3 is 6.09 Å². The first-order valence-corrected chi connectivity index (χ1v) is 11.3. The Bertz CT molecular complexity index is 601. The van der Waals surface area contributed by atoms with E-state index < -0.39 is 21.5 Å². The van der Waals surface area contributed by atoms with Crippen LogP contribution in [0, 0.1) is 0 Å². The molecule has 9 nitrogen and oxygen atoms in total. The summed E-state index contributed by atoms with van der Waals surface area (Å²) in [5, 5.41) is 6.13. The molecular formula is C17H34N4O5S. The Morgan fingerprint density at radius 2 is 2.00 bits per heavy atom. The fourth-order valence-electron chi connectivity index (χ4n) is 2.50. The highest BCUT2D eigenvalue weighted by Gasteiger charge is 2.27. The lowest BCUT2D eigenvalue weighted by Crippen LogP contribution is -2.44. The standard InChI is InChI=1S/C17H34N4O5S/c1-6-18-15(19-8-10-25-11-12-27(5,23)24)21-9-7-14(13-21)20-16(22)26-17(2,3)4/h14H,6-13H2,1-5H3,(H,18,19)(H,20,22). The summed E-state index contributed by atoms with van der Waals surface area (Å²) >= 11 is 0. The van der Waals surface area contributed by atoms with E-state index in [1.165, 1.54) is 6.26 Å². The van der Waals surface area contributed by atoms with Crippen molar-refractivity contribution >= 4 is 21.9 Å². The van der Waals surface area contributed by atoms with Crippen molar-refractivity contribution in [3.8, 4) is 0 Å². The quantitative estimate of drug-likeness (QED) is 0.345. The first-order chi connectivity index (χ1) is 12.5. The zero-order chi connectivity index (χ0) is 20.5. The molecule has 0 aromatic heterocycles. The van der Waals surface area contributed by atoms with E-state index in [0.29, 0.717) is 19.7 Å². The molecule has 1 atom stereocenters. The summed E-state index contributed by atoms with van der Waals surface area (Å²) in [6.45, 7) is 10.6. The number of hydrogen-bond acceptors (Lipinski definition) is 6. The van der Waals surface area contributed by atoms with Gasteiger partial charge < -0.3 is 25.0 Å². The minimum atomic E-state index is -3.00. The summed E-state index contributed by atoms with van der Waals surface area (Å²) in [7, 11) is -3.00. The van der Waals surface area contributed by atoms with Crippen LogP contribution in [0.4, 0.5) is 4.79 Å². The summed E-state index contributed by atoms with van der Waals surface area (Å²) < 4.78 is 32.7. The van der Waals surface area contributed by atoms with Crippen molar-refractivity contribution in [3.63, 3.8) is 0 Å². The van der Waals surface area contributed by atoms with E-state index in [-0.39, 0.29) is 18.4 Å². The normalized spacial score (nSPS) is 18.5. The van der Waals surface area contributed by atoms with Crippen molar-refractivity contribution in [1.29, 1.82) is 0 Å². The number of sulfone groups is 1. The average Bonchev–Trinajstić information content (AvgIpc) is 2.94. The Morgan fingerprint density at radius 1 is 1.30 bits per heavy atom. The molecule has 0 aromatic rings. The second kappa shape index (κ2) is 10.7. The molecule has 1 saturated heterocycles. The van der Waals surface area contributed by atoms with Crippen LogP contribution in [0.15, 0.2) is 4.99 Å². The van der Waals surface area contributed by atoms with Gasteiger partial charge in [-0.1, -0.05) is 0 Å². The molecule has 1 amide bonds. The van der Waals surface area contributed by atoms with Crippen LogP contribution in [0.5, 0.6) is 0 Å². The molecule has 0 aromatic carbocycles. The topological polar surface area (TPSA) is 109 Å². The number of rotatable bonds is 8. The van der Waals surface area contributed by atoms with Gasteiger partial charge in [-0.25, -0.2) is 13.2 Å². The monoisotopic (exact) mass is 406 g/mol. The van der Waals surface area contributed by atoms with E-state index in [4.69, 9.17) is 9.47 Å². The van der Waals surface area contributed by atoms with Gasteiger partial charge in [0.15, 0.2) is 5.96 Å². The van der Waals surface area contributed by atoms with Gasteiger partial charge in [-0.2, -0.15) is 0 Å². The zero-order valence-electron chi connectivity index (χ0n) is 17.1. The second-order valence-electron chi connectivity index (χ2n) is 7.56. The van der Waals surface area contributed by atoms with Crippen LogP contribution >= 0.6 is 0 Å². The fourth-order valence-corrected chi connectivity index (χ4v) is 2.92. The third kappa shape index (κ3) is 11.0. The molecule has 0 bridgehead atoms. The van der Waals surface area contributed by atoms with E-state index in [1.807, 2.05) is 27.7 Å². The maximum atomic E-state index is 11.9. The smallest absolute Gasteiger partial charge is 0.407 e. The first-order valence-electron chi connectivity index (χ1n) is 9.28. The van der Waals surface area contributed by atoms with Gasteiger partial charge in [0.25, 0.3) is 0 Å². The fraction of sp³-hybridized carbons (Fsp3) is 0.882. The number of carbonyl (C=O) groups is 1. The molecule has 0 spiro atoms. The third-order valence-corrected chi connectivity index (χ3v) is 4.55. The minimum absolute atomic E-state index is 0.00900. The van der Waals surface area contributed by atoms with Gasteiger partial charge in [0, 0.05) is 25.9 Å². The van der Waals surface area contributed by atoms with Gasteiger partial charge in [0.2, 0.25) is 0 Å². The highest BCUT2D eigenvalue weighted by molar-refractivity contribution is 7.90. The van der Waals surface area contributed by atoms with Crippen molar-refractivity contribution < 1.29 is 22.7 Å². The molecule has 158 valence electrons. The van der Waals surface area contributed by atoms with Crippen LogP contribution in [0.3, 0.4) is 0 Å². The van der Waals surface area contributed by atoms with Crippen molar-refractivity contribution in [1.82, 2.24) is 15.5 Å². The molecule has 27 heavy (non-hydrogen) atoms. The van der Waals surface area contributed by atoms with Gasteiger partial charge in [-0.15, -0.1) is 0 Å². The largest absolute Gasteiger partial charge is 0.444 e. The number of carbonyl (C=O) groups excluding carboxylic acids is 1. The van der Waals surface area contributed by atoms with Crippen LogP contribution in [0.2, 0.25) is 0 Å². The number of amides is 1. The maximum Gasteiger partial charge on any atom is 0.407 e. The van der Waals surface area contributed by atoms with Crippen molar-refractivity contribution in [2.24, 2.45) is 4.99 Å². The van der Waals surface area contributed by atoms with Crippen LogP contribution < -0.4 is 10.6 Å². The Balaban J connectivity index is 2.43. The maximum absolute atomic E-state index is 11.9. The molecule has 1 fully saturated rings. The molecule has 2 N–H and O–H groups in total. The Morgan fingerprint density at radius 3 is 2.59 bits per heavy atom. The van der Waals surface area contributed by atoms with Gasteiger partial charge in [0.05, 0.1) is 31.6 Å². The van der Waals surface area contributed by atoms with Crippen LogP contribution in [-0.2, 0) is 19.3 Å². The SMILES string of the molecule is CCNC(=NCCOCCS(C)(=O)=O)N1CCC(NC(=O)OC(C)(C)C)C1. The van der Waals surface area contributed by atoms with Crippen molar-refractivity contribution in [2.45, 2.75) is 45.8 Å². The summed E-state index contributed by atoms with van der Waals surface area (Å²) in [6.07, 6.45) is 1.59. The minimum Gasteiger partial charge on any atom is -0.444 e. The highest BCUT2D eigenvalue weighted by Crippen LogP contribution is 2.12. The van der Waals surface area contributed by atoms with Gasteiger partial charge in [0.1, 0.15) is 15.4 Å². The summed E-state index contributed by atoms with van der Waals surface area (Å²) in [6, 6.07) is 0.00900. The van der Waals surface area contributed by atoms with E-state index in [1.54, 1.807) is 0 Å². The molecular weight excluding hydrogens is 372 g/mol. The molecule has 1 unspecified atom stereocenters. The number of aliphatic imine (C=N–C) groups is 1. The number of likely N-dealkylation sites (tertiary alicyclic amines) is 1. The molecule has 1 rings (SSSR count). The molecule has 0 saturated carbocycles. The number of hydrogen-bond donors (Lipinski definition) is 2. The molecule has 0 radical (unpaired) electrons. The van der Waals surface area contributed by atoms with Crippen molar-refractivity contribution in [3.05, 3.63) is 0 Å². The predicted molar refractivity (Wildman–Crippen MR) is 106 cm³/mol. The van der Waals surface area contributed by atoms with Gasteiger partial charge in [-0.05, 0) is 34.1 Å². The third-order valence-electron chi connectivity index (χ3n) is 3.64. The Hall–Kier alpha value is -1.55. The Kier molecular flexibility index (Phi) is 9.31. The number of nitrogens with one attached hydrogen (secondary N) is 2. The zero-order valence-corrected chi connectivity index (χ0v) is 17.9. The lowest BCUT2D eigenvalue weighted by atomic mass is 10.2. The van der Waals surface area contributed by atoms with E-state index in [2.05, 4.69) is 20.5 Å². The number of alkyl carbamates (subject to hydrolysis) is 1.